The van der Waals surface area contributed by atoms with E-state index in [0.717, 1.165) is 44.0 Å². The molecular formula is C13H18NO2+. The van der Waals surface area contributed by atoms with Crippen molar-refractivity contribution in [1.82, 2.24) is 0 Å². The lowest BCUT2D eigenvalue weighted by molar-refractivity contribution is -0.413. The minimum absolute atomic E-state index is 0.417. The SMILES string of the molecule is C[C@H]([NH3+])Cc1c2c(cc3c1OCC3)OCC2. The Morgan fingerprint density at radius 3 is 2.94 bits per heavy atom. The molecule has 0 radical (unpaired) electrons. The van der Waals surface area contributed by atoms with Gasteiger partial charge in [0.2, 0.25) is 0 Å². The van der Waals surface area contributed by atoms with Crippen molar-refractivity contribution in [2.75, 3.05) is 13.2 Å². The van der Waals surface area contributed by atoms with Gasteiger partial charge in [-0.2, -0.15) is 0 Å². The van der Waals surface area contributed by atoms with E-state index in [-0.39, 0.29) is 0 Å². The lowest BCUT2D eigenvalue weighted by Crippen LogP contribution is -2.60. The first-order valence-corrected chi connectivity index (χ1v) is 6.02. The maximum atomic E-state index is 5.77. The van der Waals surface area contributed by atoms with Crippen LogP contribution in [0, 0.1) is 0 Å². The van der Waals surface area contributed by atoms with Gasteiger partial charge >= 0.3 is 0 Å². The molecular weight excluding hydrogens is 202 g/mol. The zero-order chi connectivity index (χ0) is 11.1. The number of hydrogen-bond donors (Lipinski definition) is 1. The first kappa shape index (κ1) is 9.97. The fourth-order valence-corrected chi connectivity index (χ4v) is 2.65. The van der Waals surface area contributed by atoms with Gasteiger partial charge < -0.3 is 15.2 Å². The van der Waals surface area contributed by atoms with Crippen molar-refractivity contribution in [3.8, 4) is 11.5 Å². The number of hydrogen-bond acceptors (Lipinski definition) is 2. The lowest BCUT2D eigenvalue weighted by atomic mass is 9.95. The molecule has 0 saturated heterocycles. The van der Waals surface area contributed by atoms with Crippen LogP contribution in [0.3, 0.4) is 0 Å². The second-order valence-corrected chi connectivity index (χ2v) is 4.83. The summed E-state index contributed by atoms with van der Waals surface area (Å²) in [6.45, 7) is 3.78. The molecule has 0 amide bonds. The van der Waals surface area contributed by atoms with Crippen LogP contribution in [0.15, 0.2) is 6.07 Å². The minimum atomic E-state index is 0.417. The van der Waals surface area contributed by atoms with Crippen molar-refractivity contribution in [1.29, 1.82) is 0 Å². The smallest absolute Gasteiger partial charge is 0.126 e. The third-order valence-corrected chi connectivity index (χ3v) is 3.31. The van der Waals surface area contributed by atoms with E-state index >= 15 is 0 Å². The van der Waals surface area contributed by atoms with Crippen molar-refractivity contribution in [3.63, 3.8) is 0 Å². The van der Waals surface area contributed by atoms with Gasteiger partial charge in [-0.15, -0.1) is 0 Å². The third-order valence-electron chi connectivity index (χ3n) is 3.31. The molecule has 2 aliphatic heterocycles. The molecule has 0 bridgehead atoms. The summed E-state index contributed by atoms with van der Waals surface area (Å²) in [7, 11) is 0. The van der Waals surface area contributed by atoms with E-state index in [4.69, 9.17) is 9.47 Å². The van der Waals surface area contributed by atoms with E-state index < -0.39 is 0 Å². The van der Waals surface area contributed by atoms with Gasteiger partial charge in [0, 0.05) is 36.0 Å². The number of quaternary nitrogens is 1. The molecule has 2 aliphatic rings. The third kappa shape index (κ3) is 1.47. The minimum Gasteiger partial charge on any atom is -0.493 e. The van der Waals surface area contributed by atoms with Crippen LogP contribution in [-0.4, -0.2) is 19.3 Å². The highest BCUT2D eigenvalue weighted by molar-refractivity contribution is 5.56. The predicted molar refractivity (Wildman–Crippen MR) is 60.9 cm³/mol. The predicted octanol–water partition coefficient (Wildman–Crippen LogP) is 0.729. The average molecular weight is 220 g/mol. The molecule has 16 heavy (non-hydrogen) atoms. The Morgan fingerprint density at radius 2 is 2.12 bits per heavy atom. The molecule has 2 heterocycles. The highest BCUT2D eigenvalue weighted by Gasteiger charge is 2.27. The molecule has 0 aliphatic carbocycles. The summed E-state index contributed by atoms with van der Waals surface area (Å²) >= 11 is 0. The molecule has 3 nitrogen and oxygen atoms in total. The van der Waals surface area contributed by atoms with Gasteiger partial charge in [0.25, 0.3) is 0 Å². The van der Waals surface area contributed by atoms with Crippen LogP contribution in [0.5, 0.6) is 11.5 Å². The number of benzene rings is 1. The highest BCUT2D eigenvalue weighted by atomic mass is 16.5. The van der Waals surface area contributed by atoms with E-state index in [1.54, 1.807) is 0 Å². The van der Waals surface area contributed by atoms with Crippen LogP contribution in [0.2, 0.25) is 0 Å². The molecule has 0 aromatic heterocycles. The Balaban J connectivity index is 2.12. The maximum Gasteiger partial charge on any atom is 0.126 e. The Hall–Kier alpha value is -1.22. The van der Waals surface area contributed by atoms with E-state index in [2.05, 4.69) is 18.7 Å². The number of rotatable bonds is 2. The second-order valence-electron chi connectivity index (χ2n) is 4.83. The average Bonchev–Trinajstić information content (AvgIpc) is 2.83. The molecule has 1 aromatic carbocycles. The monoisotopic (exact) mass is 220 g/mol. The van der Waals surface area contributed by atoms with Crippen LogP contribution in [0.1, 0.15) is 23.6 Å². The van der Waals surface area contributed by atoms with Crippen molar-refractivity contribution in [2.24, 2.45) is 0 Å². The van der Waals surface area contributed by atoms with Gasteiger partial charge in [0.15, 0.2) is 0 Å². The van der Waals surface area contributed by atoms with Crippen LogP contribution in [-0.2, 0) is 19.3 Å². The Bertz CT molecular complexity index is 394. The molecule has 3 rings (SSSR count). The standard InChI is InChI=1S/C13H17NO2/c1-8(14)6-11-10-3-5-15-12(10)7-9-2-4-16-13(9)11/h7-8H,2-6,14H2,1H3/p+1/t8-/m0/s1. The highest BCUT2D eigenvalue weighted by Crippen LogP contribution is 2.40. The molecule has 1 atom stereocenters. The van der Waals surface area contributed by atoms with Crippen LogP contribution in [0.4, 0.5) is 0 Å². The number of ether oxygens (including phenoxy) is 2. The van der Waals surface area contributed by atoms with Gasteiger partial charge in [-0.25, -0.2) is 0 Å². The van der Waals surface area contributed by atoms with E-state index in [1.807, 2.05) is 0 Å². The summed E-state index contributed by atoms with van der Waals surface area (Å²) in [4.78, 5) is 0. The Labute approximate surface area is 95.5 Å². The van der Waals surface area contributed by atoms with Gasteiger partial charge in [0.1, 0.15) is 11.5 Å². The Kier molecular flexibility index (Phi) is 2.28. The van der Waals surface area contributed by atoms with Crippen LogP contribution >= 0.6 is 0 Å². The second kappa shape index (κ2) is 3.67. The summed E-state index contributed by atoms with van der Waals surface area (Å²) in [6.07, 6.45) is 3.04. The van der Waals surface area contributed by atoms with E-state index in [9.17, 15) is 0 Å². The normalized spacial score (nSPS) is 18.6. The summed E-state index contributed by atoms with van der Waals surface area (Å²) < 4.78 is 11.4. The van der Waals surface area contributed by atoms with Gasteiger partial charge in [-0.05, 0) is 13.0 Å². The zero-order valence-electron chi connectivity index (χ0n) is 9.71. The molecule has 0 saturated carbocycles. The molecule has 3 heteroatoms. The summed E-state index contributed by atoms with van der Waals surface area (Å²) in [5.41, 5.74) is 8.11. The molecule has 86 valence electrons. The largest absolute Gasteiger partial charge is 0.493 e. The van der Waals surface area contributed by atoms with Crippen LogP contribution < -0.4 is 15.2 Å². The van der Waals surface area contributed by atoms with Gasteiger partial charge in [0.05, 0.1) is 19.3 Å². The van der Waals surface area contributed by atoms with E-state index in [0.29, 0.717) is 6.04 Å². The molecule has 1 aromatic rings. The van der Waals surface area contributed by atoms with Gasteiger partial charge in [-0.3, -0.25) is 0 Å². The molecule has 3 N–H and O–H groups in total. The van der Waals surface area contributed by atoms with Crippen molar-refractivity contribution in [2.45, 2.75) is 32.2 Å². The topological polar surface area (TPSA) is 46.1 Å². The molecule has 0 spiro atoms. The Morgan fingerprint density at radius 1 is 1.31 bits per heavy atom. The summed E-state index contributed by atoms with van der Waals surface area (Å²) in [5, 5.41) is 0. The summed E-state index contributed by atoms with van der Waals surface area (Å²) in [6, 6.07) is 2.59. The van der Waals surface area contributed by atoms with E-state index in [1.165, 1.54) is 16.7 Å². The zero-order valence-corrected chi connectivity index (χ0v) is 9.71. The quantitative estimate of drug-likeness (QED) is 0.798. The fraction of sp³-hybridized carbons (Fsp3) is 0.538. The fourth-order valence-electron chi connectivity index (χ4n) is 2.65. The maximum absolute atomic E-state index is 5.77. The lowest BCUT2D eigenvalue weighted by Gasteiger charge is -2.13. The molecule has 0 fully saturated rings. The van der Waals surface area contributed by atoms with Crippen LogP contribution in [0.25, 0.3) is 0 Å². The van der Waals surface area contributed by atoms with Crippen molar-refractivity contribution >= 4 is 0 Å². The summed E-state index contributed by atoms with van der Waals surface area (Å²) in [5.74, 6) is 2.21. The van der Waals surface area contributed by atoms with Crippen molar-refractivity contribution < 1.29 is 15.2 Å². The first-order valence-electron chi connectivity index (χ1n) is 6.02. The first-order chi connectivity index (χ1) is 7.75. The van der Waals surface area contributed by atoms with Gasteiger partial charge in [-0.1, -0.05) is 0 Å². The molecule has 0 unspecified atom stereocenters. The van der Waals surface area contributed by atoms with Crippen molar-refractivity contribution in [3.05, 3.63) is 22.8 Å². The number of fused-ring (bicyclic) bond motifs is 2.